The Labute approximate surface area is 89.8 Å². The minimum absolute atomic E-state index is 0.0491. The molecular weight excluding hydrogens is 196 g/mol. The van der Waals surface area contributed by atoms with Crippen molar-refractivity contribution >= 4 is 22.7 Å². The second-order valence-electron chi connectivity index (χ2n) is 4.12. The molecule has 0 aromatic heterocycles. The van der Waals surface area contributed by atoms with Crippen molar-refractivity contribution in [3.63, 3.8) is 0 Å². The summed E-state index contributed by atoms with van der Waals surface area (Å²) in [6, 6.07) is 0. The van der Waals surface area contributed by atoms with Crippen LogP contribution in [0.25, 0.3) is 0 Å². The van der Waals surface area contributed by atoms with Gasteiger partial charge in [-0.05, 0) is 13.3 Å². The average molecular weight is 214 g/mol. The van der Waals surface area contributed by atoms with Crippen molar-refractivity contribution in [2.45, 2.75) is 57.1 Å². The van der Waals surface area contributed by atoms with Crippen LogP contribution in [0.4, 0.5) is 0 Å². The van der Waals surface area contributed by atoms with Crippen LogP contribution in [0.2, 0.25) is 0 Å². The van der Waals surface area contributed by atoms with E-state index in [1.54, 1.807) is 0 Å². The Morgan fingerprint density at radius 3 is 2.50 bits per heavy atom. The van der Waals surface area contributed by atoms with Gasteiger partial charge in [-0.25, -0.2) is 0 Å². The smallest absolute Gasteiger partial charge is 0.197 e. The van der Waals surface area contributed by atoms with Crippen LogP contribution in [0.15, 0.2) is 0 Å². The molecule has 1 fully saturated rings. The summed E-state index contributed by atoms with van der Waals surface area (Å²) in [5, 5.41) is 0.0491. The molecule has 0 aliphatic carbocycles. The van der Waals surface area contributed by atoms with Crippen molar-refractivity contribution in [2.24, 2.45) is 0 Å². The minimum Gasteiger partial charge on any atom is -0.298 e. The molecule has 0 spiro atoms. The Morgan fingerprint density at radius 2 is 2.00 bits per heavy atom. The lowest BCUT2D eigenvalue weighted by atomic mass is 9.96. The second kappa shape index (κ2) is 4.96. The lowest BCUT2D eigenvalue weighted by Gasteiger charge is -2.19. The standard InChI is InChI=1S/C11H18O2S/c1-3-4-5-6-7-11(2)9(12)8-10(13)14-11/h3-8H2,1-2H3. The van der Waals surface area contributed by atoms with Gasteiger partial charge in [-0.1, -0.05) is 44.4 Å². The first-order valence-corrected chi connectivity index (χ1v) is 6.15. The van der Waals surface area contributed by atoms with Crippen LogP contribution < -0.4 is 0 Å². The van der Waals surface area contributed by atoms with Crippen molar-refractivity contribution in [3.8, 4) is 0 Å². The van der Waals surface area contributed by atoms with E-state index in [1.807, 2.05) is 6.92 Å². The van der Waals surface area contributed by atoms with Crippen molar-refractivity contribution in [3.05, 3.63) is 0 Å². The van der Waals surface area contributed by atoms with Crippen LogP contribution in [0.3, 0.4) is 0 Å². The Bertz CT molecular complexity index is 237. The third kappa shape index (κ3) is 2.84. The summed E-state index contributed by atoms with van der Waals surface area (Å²) in [5.41, 5.74) is 0. The Kier molecular flexibility index (Phi) is 4.17. The molecule has 2 nitrogen and oxygen atoms in total. The first-order valence-electron chi connectivity index (χ1n) is 5.33. The quantitative estimate of drug-likeness (QED) is 0.521. The predicted molar refractivity (Wildman–Crippen MR) is 59.4 cm³/mol. The molecule has 0 bridgehead atoms. The molecule has 1 aliphatic rings. The van der Waals surface area contributed by atoms with E-state index in [4.69, 9.17) is 0 Å². The molecule has 0 saturated carbocycles. The summed E-state index contributed by atoms with van der Waals surface area (Å²) in [7, 11) is 0. The van der Waals surface area contributed by atoms with E-state index in [1.165, 1.54) is 31.0 Å². The highest BCUT2D eigenvalue weighted by atomic mass is 32.2. The summed E-state index contributed by atoms with van der Waals surface area (Å²) in [4.78, 5) is 22.6. The molecule has 1 unspecified atom stereocenters. The van der Waals surface area contributed by atoms with Crippen LogP contribution in [0, 0.1) is 0 Å². The number of ketones is 1. The fraction of sp³-hybridized carbons (Fsp3) is 0.818. The minimum atomic E-state index is -0.398. The highest BCUT2D eigenvalue weighted by molar-refractivity contribution is 8.16. The maximum Gasteiger partial charge on any atom is 0.197 e. The molecular formula is C11H18O2S. The SMILES string of the molecule is CCCCCCC1(C)SC(=O)CC1=O. The third-order valence-corrected chi connectivity index (χ3v) is 4.00. The Balaban J connectivity index is 2.35. The topological polar surface area (TPSA) is 34.1 Å². The van der Waals surface area contributed by atoms with E-state index in [-0.39, 0.29) is 17.3 Å². The van der Waals surface area contributed by atoms with Crippen LogP contribution in [-0.4, -0.2) is 15.6 Å². The van der Waals surface area contributed by atoms with E-state index < -0.39 is 4.75 Å². The molecule has 1 rings (SSSR count). The fourth-order valence-electron chi connectivity index (χ4n) is 1.74. The zero-order valence-corrected chi connectivity index (χ0v) is 9.78. The number of carbonyl (C=O) groups is 2. The van der Waals surface area contributed by atoms with Crippen molar-refractivity contribution in [1.29, 1.82) is 0 Å². The number of unbranched alkanes of at least 4 members (excludes halogenated alkanes) is 3. The van der Waals surface area contributed by atoms with E-state index >= 15 is 0 Å². The van der Waals surface area contributed by atoms with Gasteiger partial charge in [0.1, 0.15) is 0 Å². The van der Waals surface area contributed by atoms with Gasteiger partial charge in [0.05, 0.1) is 11.2 Å². The summed E-state index contributed by atoms with van der Waals surface area (Å²) in [6.07, 6.45) is 5.68. The molecule has 80 valence electrons. The number of thioether (sulfide) groups is 1. The molecule has 14 heavy (non-hydrogen) atoms. The van der Waals surface area contributed by atoms with Gasteiger partial charge < -0.3 is 0 Å². The van der Waals surface area contributed by atoms with Crippen LogP contribution in [0.1, 0.15) is 52.4 Å². The van der Waals surface area contributed by atoms with E-state index in [2.05, 4.69) is 6.92 Å². The Hall–Kier alpha value is -0.310. The number of carbonyl (C=O) groups excluding carboxylic acids is 2. The number of rotatable bonds is 5. The van der Waals surface area contributed by atoms with E-state index in [0.29, 0.717) is 0 Å². The molecule has 0 aromatic carbocycles. The van der Waals surface area contributed by atoms with E-state index in [0.717, 1.165) is 12.8 Å². The molecule has 1 aliphatic heterocycles. The summed E-state index contributed by atoms with van der Waals surface area (Å²) in [5.74, 6) is 0.129. The van der Waals surface area contributed by atoms with Gasteiger partial charge >= 0.3 is 0 Å². The first-order chi connectivity index (χ1) is 6.58. The molecule has 0 radical (unpaired) electrons. The fourth-order valence-corrected chi connectivity index (χ4v) is 2.88. The lowest BCUT2D eigenvalue weighted by molar-refractivity contribution is -0.123. The summed E-state index contributed by atoms with van der Waals surface area (Å²) in [6.45, 7) is 4.08. The molecule has 1 heterocycles. The van der Waals surface area contributed by atoms with Gasteiger partial charge in [-0.15, -0.1) is 0 Å². The zero-order valence-electron chi connectivity index (χ0n) is 8.97. The monoisotopic (exact) mass is 214 g/mol. The molecule has 3 heteroatoms. The van der Waals surface area contributed by atoms with Crippen LogP contribution in [-0.2, 0) is 9.59 Å². The number of hydrogen-bond donors (Lipinski definition) is 0. The van der Waals surface area contributed by atoms with Gasteiger partial charge in [0.15, 0.2) is 10.9 Å². The van der Waals surface area contributed by atoms with E-state index in [9.17, 15) is 9.59 Å². The number of Topliss-reactive ketones (excluding diaryl/α,β-unsaturated/α-hetero) is 1. The molecule has 1 atom stereocenters. The van der Waals surface area contributed by atoms with Crippen LogP contribution in [0.5, 0.6) is 0 Å². The highest BCUT2D eigenvalue weighted by Gasteiger charge is 2.42. The average Bonchev–Trinajstić information content (AvgIpc) is 2.36. The van der Waals surface area contributed by atoms with Gasteiger partial charge in [0, 0.05) is 0 Å². The Morgan fingerprint density at radius 1 is 1.29 bits per heavy atom. The zero-order chi connectivity index (χ0) is 10.6. The molecule has 1 saturated heterocycles. The predicted octanol–water partition coefficient (Wildman–Crippen LogP) is 2.95. The molecule has 0 amide bonds. The maximum absolute atomic E-state index is 11.5. The highest BCUT2D eigenvalue weighted by Crippen LogP contribution is 2.39. The van der Waals surface area contributed by atoms with Crippen molar-refractivity contribution < 1.29 is 9.59 Å². The molecule has 0 N–H and O–H groups in total. The van der Waals surface area contributed by atoms with Crippen LogP contribution >= 0.6 is 11.8 Å². The number of hydrogen-bond acceptors (Lipinski definition) is 3. The van der Waals surface area contributed by atoms with Crippen molar-refractivity contribution in [1.82, 2.24) is 0 Å². The second-order valence-corrected chi connectivity index (χ2v) is 5.68. The van der Waals surface area contributed by atoms with Gasteiger partial charge in [0.2, 0.25) is 0 Å². The first kappa shape index (κ1) is 11.8. The summed E-state index contributed by atoms with van der Waals surface area (Å²) < 4.78 is -0.398. The maximum atomic E-state index is 11.5. The largest absolute Gasteiger partial charge is 0.298 e. The van der Waals surface area contributed by atoms with Gasteiger partial charge in [0.25, 0.3) is 0 Å². The van der Waals surface area contributed by atoms with Crippen molar-refractivity contribution in [2.75, 3.05) is 0 Å². The van der Waals surface area contributed by atoms with Gasteiger partial charge in [-0.3, -0.25) is 9.59 Å². The third-order valence-electron chi connectivity index (χ3n) is 2.74. The molecule has 0 aromatic rings. The summed E-state index contributed by atoms with van der Waals surface area (Å²) >= 11 is 1.25. The normalized spacial score (nSPS) is 27.3. The van der Waals surface area contributed by atoms with Gasteiger partial charge in [-0.2, -0.15) is 0 Å². The lowest BCUT2D eigenvalue weighted by Crippen LogP contribution is -2.26.